The van der Waals surface area contributed by atoms with E-state index in [4.69, 9.17) is 4.74 Å². The molecule has 2 aromatic rings. The maximum Gasteiger partial charge on any atom is 0.264 e. The Labute approximate surface area is 158 Å². The minimum atomic E-state index is -0.0879. The Kier molecular flexibility index (Phi) is 5.93. The minimum Gasteiger partial charge on any atom is -0.491 e. The Bertz CT molecular complexity index is 741. The summed E-state index contributed by atoms with van der Waals surface area (Å²) in [6.45, 7) is 5.11. The van der Waals surface area contributed by atoms with Gasteiger partial charge >= 0.3 is 0 Å². The molecule has 3 rings (SSSR count). The standard InChI is InChI=1S/C20H24N2O3S/c1-14(2)21-19(23)15-7-9-17(10-8-15)25-13-16-5-3-11-22(16)20(24)18-6-4-12-26-18/h4,6-10,12,14,16H,3,5,11,13H2,1-2H3,(H,21,23)/t16-/m0/s1. The molecular formula is C20H24N2O3S. The third-order valence-electron chi connectivity index (χ3n) is 4.35. The van der Waals surface area contributed by atoms with Crippen LogP contribution in [0.2, 0.25) is 0 Å². The maximum atomic E-state index is 12.6. The fourth-order valence-corrected chi connectivity index (χ4v) is 3.74. The summed E-state index contributed by atoms with van der Waals surface area (Å²) in [6.07, 6.45) is 1.95. The summed E-state index contributed by atoms with van der Waals surface area (Å²) in [6, 6.07) is 11.1. The van der Waals surface area contributed by atoms with Crippen LogP contribution in [0.15, 0.2) is 41.8 Å². The highest BCUT2D eigenvalue weighted by molar-refractivity contribution is 7.12. The van der Waals surface area contributed by atoms with Crippen LogP contribution in [0.1, 0.15) is 46.7 Å². The van der Waals surface area contributed by atoms with Crippen LogP contribution >= 0.6 is 11.3 Å². The highest BCUT2D eigenvalue weighted by atomic mass is 32.1. The first-order valence-electron chi connectivity index (χ1n) is 8.93. The van der Waals surface area contributed by atoms with Crippen molar-refractivity contribution in [3.63, 3.8) is 0 Å². The van der Waals surface area contributed by atoms with E-state index in [1.807, 2.05) is 36.3 Å². The van der Waals surface area contributed by atoms with Crippen LogP contribution in [-0.4, -0.2) is 41.9 Å². The predicted molar refractivity (Wildman–Crippen MR) is 103 cm³/mol. The largest absolute Gasteiger partial charge is 0.491 e. The number of rotatable bonds is 6. The van der Waals surface area contributed by atoms with Crippen molar-refractivity contribution in [2.24, 2.45) is 0 Å². The molecule has 1 aromatic carbocycles. The third kappa shape index (κ3) is 4.43. The molecule has 0 aliphatic carbocycles. The first-order chi connectivity index (χ1) is 12.5. The summed E-state index contributed by atoms with van der Waals surface area (Å²) >= 11 is 1.47. The van der Waals surface area contributed by atoms with Gasteiger partial charge in [-0.1, -0.05) is 6.07 Å². The number of benzene rings is 1. The second-order valence-corrected chi connectivity index (χ2v) is 7.68. The van der Waals surface area contributed by atoms with Crippen LogP contribution in [-0.2, 0) is 0 Å². The number of carbonyl (C=O) groups excluding carboxylic acids is 2. The zero-order valence-corrected chi connectivity index (χ0v) is 15.9. The van der Waals surface area contributed by atoms with Gasteiger partial charge < -0.3 is 15.0 Å². The smallest absolute Gasteiger partial charge is 0.264 e. The molecule has 1 saturated heterocycles. The fourth-order valence-electron chi connectivity index (χ4n) is 3.06. The number of carbonyl (C=O) groups is 2. The number of nitrogens with zero attached hydrogens (tertiary/aromatic N) is 1. The highest BCUT2D eigenvalue weighted by Gasteiger charge is 2.30. The van der Waals surface area contributed by atoms with E-state index in [-0.39, 0.29) is 23.9 Å². The van der Waals surface area contributed by atoms with E-state index in [0.717, 1.165) is 24.3 Å². The molecule has 1 aliphatic heterocycles. The number of ether oxygens (including phenoxy) is 1. The van der Waals surface area contributed by atoms with Gasteiger partial charge in [0.2, 0.25) is 0 Å². The lowest BCUT2D eigenvalue weighted by Crippen LogP contribution is -2.38. The van der Waals surface area contributed by atoms with Gasteiger partial charge in [0.1, 0.15) is 12.4 Å². The van der Waals surface area contributed by atoms with E-state index in [9.17, 15) is 9.59 Å². The fraction of sp³-hybridized carbons (Fsp3) is 0.400. The van der Waals surface area contributed by atoms with Crippen molar-refractivity contribution in [3.05, 3.63) is 52.2 Å². The zero-order valence-electron chi connectivity index (χ0n) is 15.1. The summed E-state index contributed by atoms with van der Waals surface area (Å²) in [5.74, 6) is 0.711. The lowest BCUT2D eigenvalue weighted by Gasteiger charge is -2.24. The Balaban J connectivity index is 1.56. The van der Waals surface area contributed by atoms with Gasteiger partial charge in [-0.2, -0.15) is 0 Å². The Morgan fingerprint density at radius 2 is 2.04 bits per heavy atom. The van der Waals surface area contributed by atoms with Crippen molar-refractivity contribution in [1.82, 2.24) is 10.2 Å². The summed E-state index contributed by atoms with van der Waals surface area (Å²) in [5.41, 5.74) is 0.612. The van der Waals surface area contributed by atoms with Gasteiger partial charge in [0, 0.05) is 18.2 Å². The molecule has 2 heterocycles. The van der Waals surface area contributed by atoms with Crippen molar-refractivity contribution in [2.45, 2.75) is 38.8 Å². The second kappa shape index (κ2) is 8.36. The van der Waals surface area contributed by atoms with E-state index < -0.39 is 0 Å². The number of likely N-dealkylation sites (tertiary alicyclic amines) is 1. The van der Waals surface area contributed by atoms with E-state index >= 15 is 0 Å². The lowest BCUT2D eigenvalue weighted by molar-refractivity contribution is 0.0696. The van der Waals surface area contributed by atoms with Gasteiger partial charge in [-0.05, 0) is 62.4 Å². The van der Waals surface area contributed by atoms with Gasteiger partial charge in [0.15, 0.2) is 0 Å². The van der Waals surface area contributed by atoms with Gasteiger partial charge in [0.25, 0.3) is 11.8 Å². The summed E-state index contributed by atoms with van der Waals surface area (Å²) in [5, 5.41) is 4.79. The Hall–Kier alpha value is -2.34. The number of thiophene rings is 1. The quantitative estimate of drug-likeness (QED) is 0.843. The zero-order chi connectivity index (χ0) is 18.5. The number of nitrogens with one attached hydrogen (secondary N) is 1. The van der Waals surface area contributed by atoms with Crippen molar-refractivity contribution in [1.29, 1.82) is 0 Å². The molecule has 0 radical (unpaired) electrons. The molecule has 1 atom stereocenters. The summed E-state index contributed by atoms with van der Waals surface area (Å²) < 4.78 is 5.88. The molecule has 1 aromatic heterocycles. The monoisotopic (exact) mass is 372 g/mol. The van der Waals surface area contributed by atoms with Gasteiger partial charge in [-0.3, -0.25) is 9.59 Å². The molecule has 6 heteroatoms. The predicted octanol–water partition coefficient (Wildman–Crippen LogP) is 3.57. The van der Waals surface area contributed by atoms with E-state index in [0.29, 0.717) is 17.9 Å². The topological polar surface area (TPSA) is 58.6 Å². The molecule has 2 amide bonds. The number of hydrogen-bond acceptors (Lipinski definition) is 4. The van der Waals surface area contributed by atoms with Crippen LogP contribution in [0, 0.1) is 0 Å². The molecule has 0 bridgehead atoms. The maximum absolute atomic E-state index is 12.6. The molecular weight excluding hydrogens is 348 g/mol. The average Bonchev–Trinajstić information content (AvgIpc) is 3.31. The van der Waals surface area contributed by atoms with Crippen molar-refractivity contribution >= 4 is 23.2 Å². The Morgan fingerprint density at radius 3 is 2.69 bits per heavy atom. The average molecular weight is 372 g/mol. The Morgan fingerprint density at radius 1 is 1.27 bits per heavy atom. The van der Waals surface area contributed by atoms with E-state index in [2.05, 4.69) is 5.32 Å². The number of hydrogen-bond donors (Lipinski definition) is 1. The first-order valence-corrected chi connectivity index (χ1v) is 9.81. The van der Waals surface area contributed by atoms with E-state index in [1.165, 1.54) is 11.3 Å². The minimum absolute atomic E-state index is 0.0879. The van der Waals surface area contributed by atoms with Gasteiger partial charge in [-0.25, -0.2) is 0 Å². The molecule has 1 fully saturated rings. The molecule has 26 heavy (non-hydrogen) atoms. The van der Waals surface area contributed by atoms with Gasteiger partial charge in [0.05, 0.1) is 10.9 Å². The third-order valence-corrected chi connectivity index (χ3v) is 5.21. The van der Waals surface area contributed by atoms with Crippen LogP contribution in [0.4, 0.5) is 0 Å². The molecule has 1 aliphatic rings. The molecule has 1 N–H and O–H groups in total. The molecule has 0 unspecified atom stereocenters. The van der Waals surface area contributed by atoms with E-state index in [1.54, 1.807) is 24.3 Å². The van der Waals surface area contributed by atoms with Crippen LogP contribution in [0.5, 0.6) is 5.75 Å². The highest BCUT2D eigenvalue weighted by Crippen LogP contribution is 2.23. The first kappa shape index (κ1) is 18.5. The van der Waals surface area contributed by atoms with Crippen LogP contribution in [0.25, 0.3) is 0 Å². The van der Waals surface area contributed by atoms with Crippen LogP contribution < -0.4 is 10.1 Å². The van der Waals surface area contributed by atoms with Crippen molar-refractivity contribution < 1.29 is 14.3 Å². The summed E-state index contributed by atoms with van der Waals surface area (Å²) in [4.78, 5) is 27.2. The molecule has 0 saturated carbocycles. The molecule has 138 valence electrons. The molecule has 5 nitrogen and oxygen atoms in total. The van der Waals surface area contributed by atoms with Crippen molar-refractivity contribution in [2.75, 3.05) is 13.2 Å². The SMILES string of the molecule is CC(C)NC(=O)c1ccc(OC[C@@H]2CCCN2C(=O)c2cccs2)cc1. The van der Waals surface area contributed by atoms with Crippen molar-refractivity contribution in [3.8, 4) is 5.75 Å². The number of amides is 2. The van der Waals surface area contributed by atoms with Crippen LogP contribution in [0.3, 0.4) is 0 Å². The normalized spacial score (nSPS) is 16.7. The molecule has 0 spiro atoms. The lowest BCUT2D eigenvalue weighted by atomic mass is 10.2. The van der Waals surface area contributed by atoms with Gasteiger partial charge in [-0.15, -0.1) is 11.3 Å². The second-order valence-electron chi connectivity index (χ2n) is 6.74. The summed E-state index contributed by atoms with van der Waals surface area (Å²) in [7, 11) is 0.